The molecule has 1 atom stereocenters. The highest BCUT2D eigenvalue weighted by Crippen LogP contribution is 2.33. The van der Waals surface area contributed by atoms with Crippen LogP contribution in [0.15, 0.2) is 18.2 Å². The third-order valence-corrected chi connectivity index (χ3v) is 2.62. The molecule has 0 aromatic heterocycles. The largest absolute Gasteiger partial charge is 0.504 e. The minimum absolute atomic E-state index is 0.144. The number of phenols is 1. The third-order valence-electron chi connectivity index (χ3n) is 2.62. The van der Waals surface area contributed by atoms with Crippen LogP contribution >= 0.6 is 0 Å². The smallest absolute Gasteiger partial charge is 0.162 e. The fourth-order valence-corrected chi connectivity index (χ4v) is 1.67. The minimum Gasteiger partial charge on any atom is -0.504 e. The van der Waals surface area contributed by atoms with E-state index in [9.17, 15) is 5.11 Å². The number of ether oxygens (including phenoxy) is 1. The van der Waals surface area contributed by atoms with Crippen LogP contribution in [0.25, 0.3) is 0 Å². The predicted molar refractivity (Wildman–Crippen MR) is 64.5 cm³/mol. The van der Waals surface area contributed by atoms with Crippen LogP contribution in [-0.4, -0.2) is 18.8 Å². The Labute approximate surface area is 96.2 Å². The third kappa shape index (κ3) is 3.12. The van der Waals surface area contributed by atoms with Crippen molar-refractivity contribution >= 4 is 0 Å². The zero-order valence-electron chi connectivity index (χ0n) is 9.65. The van der Waals surface area contributed by atoms with E-state index in [1.165, 1.54) is 7.11 Å². The first-order chi connectivity index (χ1) is 7.70. The maximum absolute atomic E-state index is 9.89. The molecule has 0 heterocycles. The molecule has 4 nitrogen and oxygen atoms in total. The number of rotatable bonds is 6. The molecular formula is C12H20N2O2. The van der Waals surface area contributed by atoms with Crippen molar-refractivity contribution in [1.82, 2.24) is 0 Å². The number of hydrogen-bond acceptors (Lipinski definition) is 4. The summed E-state index contributed by atoms with van der Waals surface area (Å²) < 4.78 is 5.04. The van der Waals surface area contributed by atoms with Gasteiger partial charge in [-0.3, -0.25) is 0 Å². The van der Waals surface area contributed by atoms with Gasteiger partial charge in [0.2, 0.25) is 0 Å². The molecule has 0 aliphatic carbocycles. The zero-order valence-corrected chi connectivity index (χ0v) is 9.65. The molecule has 0 aliphatic heterocycles. The summed E-state index contributed by atoms with van der Waals surface area (Å²) in [5.41, 5.74) is 12.2. The summed E-state index contributed by atoms with van der Waals surface area (Å²) >= 11 is 0. The second kappa shape index (κ2) is 6.35. The van der Waals surface area contributed by atoms with Crippen LogP contribution in [0.5, 0.6) is 11.5 Å². The van der Waals surface area contributed by atoms with Crippen molar-refractivity contribution in [3.05, 3.63) is 23.8 Å². The Bertz CT molecular complexity index is 329. The van der Waals surface area contributed by atoms with Crippen molar-refractivity contribution in [2.75, 3.05) is 13.7 Å². The summed E-state index contributed by atoms with van der Waals surface area (Å²) in [6, 6.07) is 5.20. The number of benzene rings is 1. The van der Waals surface area contributed by atoms with E-state index in [0.29, 0.717) is 12.3 Å². The van der Waals surface area contributed by atoms with Gasteiger partial charge in [0.05, 0.1) is 7.11 Å². The van der Waals surface area contributed by atoms with E-state index >= 15 is 0 Å². The summed E-state index contributed by atoms with van der Waals surface area (Å²) in [5.74, 6) is 0.608. The molecule has 90 valence electrons. The van der Waals surface area contributed by atoms with Crippen LogP contribution in [0.2, 0.25) is 0 Å². The lowest BCUT2D eigenvalue weighted by atomic mass is 10.0. The van der Waals surface area contributed by atoms with Gasteiger partial charge < -0.3 is 21.3 Å². The van der Waals surface area contributed by atoms with Crippen molar-refractivity contribution in [3.8, 4) is 11.5 Å². The number of phenolic OH excluding ortho intramolecular Hbond substituents is 1. The van der Waals surface area contributed by atoms with Gasteiger partial charge in [0.15, 0.2) is 11.5 Å². The molecule has 0 aliphatic rings. The van der Waals surface area contributed by atoms with Crippen LogP contribution in [0, 0.1) is 0 Å². The van der Waals surface area contributed by atoms with Crippen molar-refractivity contribution in [3.63, 3.8) is 0 Å². The Hall–Kier alpha value is -1.26. The van der Waals surface area contributed by atoms with Gasteiger partial charge in [0, 0.05) is 11.6 Å². The number of hydrogen-bond donors (Lipinski definition) is 3. The van der Waals surface area contributed by atoms with E-state index in [1.54, 1.807) is 6.07 Å². The Kier molecular flexibility index (Phi) is 5.08. The summed E-state index contributed by atoms with van der Waals surface area (Å²) in [5, 5.41) is 9.89. The fraction of sp³-hybridized carbons (Fsp3) is 0.500. The molecule has 0 radical (unpaired) electrons. The van der Waals surface area contributed by atoms with Crippen molar-refractivity contribution in [2.45, 2.75) is 25.3 Å². The van der Waals surface area contributed by atoms with Gasteiger partial charge in [-0.1, -0.05) is 18.6 Å². The van der Waals surface area contributed by atoms with Gasteiger partial charge in [0.25, 0.3) is 0 Å². The number of methoxy groups -OCH3 is 1. The van der Waals surface area contributed by atoms with E-state index in [4.69, 9.17) is 16.2 Å². The molecule has 0 amide bonds. The fourth-order valence-electron chi connectivity index (χ4n) is 1.67. The summed E-state index contributed by atoms with van der Waals surface area (Å²) in [6.45, 7) is 0.677. The molecule has 1 aromatic carbocycles. The number of unbranched alkanes of at least 4 members (excludes halogenated alkanes) is 1. The highest BCUT2D eigenvalue weighted by atomic mass is 16.5. The van der Waals surface area contributed by atoms with Gasteiger partial charge >= 0.3 is 0 Å². The van der Waals surface area contributed by atoms with E-state index in [-0.39, 0.29) is 11.8 Å². The lowest BCUT2D eigenvalue weighted by Gasteiger charge is -2.15. The Morgan fingerprint density at radius 2 is 2.12 bits per heavy atom. The second-order valence-corrected chi connectivity index (χ2v) is 3.79. The molecule has 1 rings (SSSR count). The zero-order chi connectivity index (χ0) is 12.0. The Morgan fingerprint density at radius 1 is 1.38 bits per heavy atom. The van der Waals surface area contributed by atoms with E-state index < -0.39 is 0 Å². The van der Waals surface area contributed by atoms with Crippen LogP contribution in [0.3, 0.4) is 0 Å². The van der Waals surface area contributed by atoms with E-state index in [2.05, 4.69) is 0 Å². The van der Waals surface area contributed by atoms with E-state index in [1.807, 2.05) is 12.1 Å². The van der Waals surface area contributed by atoms with Gasteiger partial charge in [-0.25, -0.2) is 0 Å². The summed E-state index contributed by atoms with van der Waals surface area (Å²) in [7, 11) is 1.53. The van der Waals surface area contributed by atoms with Crippen LogP contribution in [0.4, 0.5) is 0 Å². The maximum Gasteiger partial charge on any atom is 0.162 e. The van der Waals surface area contributed by atoms with Crippen molar-refractivity contribution in [1.29, 1.82) is 0 Å². The molecule has 0 saturated carbocycles. The van der Waals surface area contributed by atoms with Crippen LogP contribution < -0.4 is 16.2 Å². The van der Waals surface area contributed by atoms with Crippen molar-refractivity contribution < 1.29 is 9.84 Å². The molecular weight excluding hydrogens is 204 g/mol. The molecule has 4 heteroatoms. The molecule has 0 saturated heterocycles. The lowest BCUT2D eigenvalue weighted by molar-refractivity contribution is 0.367. The Balaban J connectivity index is 2.71. The molecule has 16 heavy (non-hydrogen) atoms. The molecule has 0 spiro atoms. The maximum atomic E-state index is 9.89. The normalized spacial score (nSPS) is 12.4. The minimum atomic E-state index is -0.165. The van der Waals surface area contributed by atoms with E-state index in [0.717, 1.165) is 24.8 Å². The highest BCUT2D eigenvalue weighted by molar-refractivity contribution is 5.46. The molecule has 0 fully saturated rings. The average Bonchev–Trinajstić information content (AvgIpc) is 2.29. The molecule has 1 aromatic rings. The second-order valence-electron chi connectivity index (χ2n) is 3.79. The number of aromatic hydroxyl groups is 1. The van der Waals surface area contributed by atoms with Crippen molar-refractivity contribution in [2.24, 2.45) is 11.5 Å². The number of nitrogens with two attached hydrogens (primary N) is 2. The van der Waals surface area contributed by atoms with Gasteiger partial charge in [0.1, 0.15) is 0 Å². The van der Waals surface area contributed by atoms with Gasteiger partial charge in [-0.2, -0.15) is 0 Å². The topological polar surface area (TPSA) is 81.5 Å². The number of para-hydroxylation sites is 1. The lowest BCUT2D eigenvalue weighted by Crippen LogP contribution is -2.11. The SMILES string of the molecule is COc1cccc([C@@H](N)CCCCN)c1O. The standard InChI is InChI=1S/C12H20N2O2/c1-16-11-7-4-5-9(12(11)15)10(14)6-2-3-8-13/h4-5,7,10,15H,2-3,6,8,13-14H2,1H3/t10-/m0/s1. The monoisotopic (exact) mass is 224 g/mol. The van der Waals surface area contributed by atoms with Crippen LogP contribution in [-0.2, 0) is 0 Å². The quantitative estimate of drug-likeness (QED) is 0.640. The molecule has 0 bridgehead atoms. The first kappa shape index (κ1) is 12.8. The van der Waals surface area contributed by atoms with Gasteiger partial charge in [-0.05, 0) is 25.5 Å². The molecule has 0 unspecified atom stereocenters. The highest BCUT2D eigenvalue weighted by Gasteiger charge is 2.13. The first-order valence-electron chi connectivity index (χ1n) is 5.52. The van der Waals surface area contributed by atoms with Crippen LogP contribution in [0.1, 0.15) is 30.9 Å². The molecule has 5 N–H and O–H groups in total. The Morgan fingerprint density at radius 3 is 2.75 bits per heavy atom. The first-order valence-corrected chi connectivity index (χ1v) is 5.52. The predicted octanol–water partition coefficient (Wildman–Crippen LogP) is 1.53. The van der Waals surface area contributed by atoms with Gasteiger partial charge in [-0.15, -0.1) is 0 Å². The summed E-state index contributed by atoms with van der Waals surface area (Å²) in [6.07, 6.45) is 2.74. The summed E-state index contributed by atoms with van der Waals surface area (Å²) in [4.78, 5) is 0. The average molecular weight is 224 g/mol.